The number of carbonyl (C=O) groups is 2. The van der Waals surface area contributed by atoms with Crippen molar-refractivity contribution in [1.29, 1.82) is 0 Å². The number of para-hydroxylation sites is 2. The van der Waals surface area contributed by atoms with Crippen LogP contribution < -0.4 is 24.6 Å². The molecule has 3 aliphatic rings. The average Bonchev–Trinajstić information content (AvgIpc) is 3.80. The summed E-state index contributed by atoms with van der Waals surface area (Å²) >= 11 is 3.03. The molecule has 4 aromatic rings. The molecule has 41 heavy (non-hydrogen) atoms. The van der Waals surface area contributed by atoms with Crippen molar-refractivity contribution in [3.05, 3.63) is 89.6 Å². The van der Waals surface area contributed by atoms with Gasteiger partial charge in [0.25, 0.3) is 5.91 Å². The van der Waals surface area contributed by atoms with Gasteiger partial charge in [0.1, 0.15) is 23.9 Å². The van der Waals surface area contributed by atoms with Gasteiger partial charge in [0, 0.05) is 34.3 Å². The molecule has 208 valence electrons. The second kappa shape index (κ2) is 11.1. The van der Waals surface area contributed by atoms with Crippen LogP contribution in [0, 0.1) is 0 Å². The Hall–Kier alpha value is -4.02. The molecule has 2 N–H and O–H groups in total. The van der Waals surface area contributed by atoms with E-state index >= 15 is 0 Å². The summed E-state index contributed by atoms with van der Waals surface area (Å²) in [4.78, 5) is 36.3. The molecule has 0 bridgehead atoms. The van der Waals surface area contributed by atoms with Crippen LogP contribution in [-0.4, -0.2) is 41.9 Å². The molecule has 2 aromatic heterocycles. The number of nitrogens with one attached hydrogen (secondary N) is 2. The van der Waals surface area contributed by atoms with Gasteiger partial charge >= 0.3 is 6.03 Å². The monoisotopic (exact) mass is 583 g/mol. The van der Waals surface area contributed by atoms with Gasteiger partial charge in [-0.05, 0) is 67.1 Å². The van der Waals surface area contributed by atoms with Crippen LogP contribution in [0.25, 0.3) is 10.4 Å². The summed E-state index contributed by atoms with van der Waals surface area (Å²) in [6, 6.07) is 23.5. The topological polar surface area (TPSA) is 86.8 Å². The molecule has 10 heteroatoms. The van der Waals surface area contributed by atoms with E-state index < -0.39 is 0 Å². The van der Waals surface area contributed by atoms with E-state index in [0.717, 1.165) is 56.7 Å². The first-order valence-electron chi connectivity index (χ1n) is 13.8. The van der Waals surface area contributed by atoms with E-state index in [9.17, 15) is 9.59 Å². The first-order valence-corrected chi connectivity index (χ1v) is 15.5. The van der Waals surface area contributed by atoms with Crippen molar-refractivity contribution in [3.63, 3.8) is 0 Å². The highest BCUT2D eigenvalue weighted by Crippen LogP contribution is 2.43. The number of fused-ring (bicyclic) bond motifs is 4. The number of urea groups is 1. The fraction of sp³-hybridized carbons (Fsp3) is 0.258. The van der Waals surface area contributed by atoms with E-state index in [4.69, 9.17) is 9.72 Å². The predicted molar refractivity (Wildman–Crippen MR) is 165 cm³/mol. The molecule has 2 aliphatic heterocycles. The summed E-state index contributed by atoms with van der Waals surface area (Å²) in [6.45, 7) is 2.41. The molecule has 0 radical (unpaired) electrons. The number of anilines is 3. The fourth-order valence-corrected chi connectivity index (χ4v) is 7.04. The molecule has 1 aliphatic carbocycles. The number of nitrogens with zero attached hydrogens (tertiary/aromatic N) is 3. The highest BCUT2D eigenvalue weighted by Gasteiger charge is 2.28. The van der Waals surface area contributed by atoms with Crippen LogP contribution in [0.2, 0.25) is 0 Å². The Morgan fingerprint density at radius 1 is 0.976 bits per heavy atom. The molecule has 4 heterocycles. The number of aromatic nitrogens is 1. The number of benzene rings is 2. The second-order valence-corrected chi connectivity index (χ2v) is 12.5. The summed E-state index contributed by atoms with van der Waals surface area (Å²) in [7, 11) is 0. The standard InChI is InChI=1S/C31H29N5O3S2/c37-30(24-8-5-11-27(32-24)35-16-17-39-26-10-4-1-6-21(26)19-35)36-15-14-20-18-28(33-31(38)34-41-22-12-13-22)40-29(20)23-7-2-3-9-25(23)36/h1-11,18,22H,12-17,19H2,(H2,33,34,38). The van der Waals surface area contributed by atoms with Gasteiger partial charge in [-0.1, -0.05) is 42.5 Å². The van der Waals surface area contributed by atoms with Crippen LogP contribution in [0.5, 0.6) is 5.75 Å². The number of rotatable bonds is 5. The number of carbonyl (C=O) groups excluding carboxylic acids is 2. The van der Waals surface area contributed by atoms with Crippen molar-refractivity contribution in [1.82, 2.24) is 9.71 Å². The van der Waals surface area contributed by atoms with Crippen molar-refractivity contribution >= 4 is 51.7 Å². The minimum Gasteiger partial charge on any atom is -0.491 e. The summed E-state index contributed by atoms with van der Waals surface area (Å²) in [6.07, 6.45) is 2.99. The van der Waals surface area contributed by atoms with E-state index in [2.05, 4.69) is 21.0 Å². The summed E-state index contributed by atoms with van der Waals surface area (Å²) in [5.74, 6) is 1.52. The lowest BCUT2D eigenvalue weighted by molar-refractivity contribution is 0.0982. The Bertz CT molecular complexity index is 1620. The third-order valence-electron chi connectivity index (χ3n) is 7.41. The lowest BCUT2D eigenvalue weighted by Gasteiger charge is -2.24. The van der Waals surface area contributed by atoms with E-state index in [-0.39, 0.29) is 11.9 Å². The Morgan fingerprint density at radius 3 is 2.73 bits per heavy atom. The van der Waals surface area contributed by atoms with Crippen molar-refractivity contribution < 1.29 is 14.3 Å². The average molecular weight is 584 g/mol. The molecule has 0 atom stereocenters. The van der Waals surface area contributed by atoms with Gasteiger partial charge in [0.15, 0.2) is 0 Å². The molecule has 2 aromatic carbocycles. The van der Waals surface area contributed by atoms with Crippen LogP contribution in [-0.2, 0) is 13.0 Å². The molecule has 3 amide bonds. The zero-order valence-corrected chi connectivity index (χ0v) is 24.0. The Morgan fingerprint density at radius 2 is 1.83 bits per heavy atom. The molecule has 7 rings (SSSR count). The third-order valence-corrected chi connectivity index (χ3v) is 9.64. The molecule has 0 spiro atoms. The van der Waals surface area contributed by atoms with Gasteiger partial charge in [0.2, 0.25) is 0 Å². The fourth-order valence-electron chi connectivity index (χ4n) is 5.21. The minimum atomic E-state index is -0.200. The van der Waals surface area contributed by atoms with Gasteiger partial charge < -0.3 is 14.5 Å². The van der Waals surface area contributed by atoms with Gasteiger partial charge in [-0.2, -0.15) is 0 Å². The maximum absolute atomic E-state index is 14.0. The van der Waals surface area contributed by atoms with Gasteiger partial charge in [-0.3, -0.25) is 14.8 Å². The molecule has 1 saturated carbocycles. The second-order valence-electron chi connectivity index (χ2n) is 10.3. The zero-order valence-electron chi connectivity index (χ0n) is 22.3. The van der Waals surface area contributed by atoms with Crippen molar-refractivity contribution in [2.45, 2.75) is 31.1 Å². The Labute approximate surface area is 246 Å². The summed E-state index contributed by atoms with van der Waals surface area (Å²) in [5.41, 5.74) is 4.46. The summed E-state index contributed by atoms with van der Waals surface area (Å²) < 4.78 is 8.82. The van der Waals surface area contributed by atoms with E-state index in [1.807, 2.05) is 65.6 Å². The first kappa shape index (κ1) is 25.9. The highest BCUT2D eigenvalue weighted by atomic mass is 32.2. The molecule has 0 saturated heterocycles. The Kier molecular flexibility index (Phi) is 7.02. The minimum absolute atomic E-state index is 0.129. The number of amides is 3. The molecule has 1 fully saturated rings. The van der Waals surface area contributed by atoms with Gasteiger partial charge in [0.05, 0.1) is 17.2 Å². The van der Waals surface area contributed by atoms with Crippen LogP contribution in [0.3, 0.4) is 0 Å². The predicted octanol–water partition coefficient (Wildman–Crippen LogP) is 6.34. The lowest BCUT2D eigenvalue weighted by atomic mass is 10.1. The maximum Gasteiger partial charge on any atom is 0.329 e. The number of ether oxygens (including phenoxy) is 1. The van der Waals surface area contributed by atoms with E-state index in [1.54, 1.807) is 17.4 Å². The molecular formula is C31H29N5O3S2. The van der Waals surface area contributed by atoms with Crippen molar-refractivity contribution in [2.24, 2.45) is 0 Å². The number of hydrogen-bond acceptors (Lipinski definition) is 7. The number of hydrogen-bond donors (Lipinski definition) is 2. The Balaban J connectivity index is 1.13. The molecule has 8 nitrogen and oxygen atoms in total. The molecule has 0 unspecified atom stereocenters. The van der Waals surface area contributed by atoms with Crippen LogP contribution >= 0.6 is 23.3 Å². The zero-order chi connectivity index (χ0) is 27.8. The van der Waals surface area contributed by atoms with Crippen LogP contribution in [0.4, 0.5) is 21.3 Å². The first-order chi connectivity index (χ1) is 20.1. The van der Waals surface area contributed by atoms with E-state index in [1.165, 1.54) is 11.9 Å². The number of pyridine rings is 1. The SMILES string of the molecule is O=C(NSC1CC1)Nc1cc2c(s1)-c1ccccc1N(C(=O)c1cccc(N3CCOc4ccccc4C3)n1)CC2. The maximum atomic E-state index is 14.0. The van der Waals surface area contributed by atoms with Gasteiger partial charge in [-0.15, -0.1) is 11.3 Å². The lowest BCUT2D eigenvalue weighted by Crippen LogP contribution is -2.34. The van der Waals surface area contributed by atoms with Crippen molar-refractivity contribution in [2.75, 3.05) is 34.8 Å². The molecular weight excluding hydrogens is 555 g/mol. The largest absolute Gasteiger partial charge is 0.491 e. The van der Waals surface area contributed by atoms with Crippen LogP contribution in [0.1, 0.15) is 34.5 Å². The van der Waals surface area contributed by atoms with E-state index in [0.29, 0.717) is 43.6 Å². The third kappa shape index (κ3) is 5.49. The quantitative estimate of drug-likeness (QED) is 0.267. The smallest absolute Gasteiger partial charge is 0.329 e. The van der Waals surface area contributed by atoms with Crippen LogP contribution in [0.15, 0.2) is 72.8 Å². The van der Waals surface area contributed by atoms with Crippen molar-refractivity contribution in [3.8, 4) is 16.2 Å². The number of thiophene rings is 1. The highest BCUT2D eigenvalue weighted by molar-refractivity contribution is 7.98. The normalized spacial score (nSPS) is 15.9. The van der Waals surface area contributed by atoms with Gasteiger partial charge in [-0.25, -0.2) is 9.78 Å². The summed E-state index contributed by atoms with van der Waals surface area (Å²) in [5, 5.41) is 4.33.